The van der Waals surface area contributed by atoms with Crippen molar-refractivity contribution < 1.29 is 19.2 Å². The summed E-state index contributed by atoms with van der Waals surface area (Å²) < 4.78 is 14.6. The van der Waals surface area contributed by atoms with Crippen LogP contribution in [0.15, 0.2) is 135 Å². The standard InChI is InChI=1S/C39H31N5O6S2/c1-24-34(38(46)50-23-25-10-6-4-7-11-25)36(26-14-17-30(51-3)18-15-26)43-37(45)33(52-39(43)40-24)21-28-22-42(29-12-8-5-9-13-29)41-35(28)27-16-19-32(49-2)31(20-27)44(47)48/h4-22,36H,23H2,1-3H3. The van der Waals surface area contributed by atoms with E-state index >= 15 is 0 Å². The summed E-state index contributed by atoms with van der Waals surface area (Å²) in [6.07, 6.45) is 5.46. The van der Waals surface area contributed by atoms with Gasteiger partial charge in [-0.3, -0.25) is 19.5 Å². The molecule has 11 nitrogen and oxygen atoms in total. The van der Waals surface area contributed by atoms with Crippen LogP contribution in [0, 0.1) is 10.1 Å². The smallest absolute Gasteiger partial charge is 0.338 e. The molecule has 6 aromatic rings. The quantitative estimate of drug-likeness (QED) is 0.0679. The number of methoxy groups -OCH3 is 1. The molecule has 0 aliphatic carbocycles. The second-order valence-electron chi connectivity index (χ2n) is 11.8. The molecule has 0 N–H and O–H groups in total. The molecule has 0 spiro atoms. The fourth-order valence-electron chi connectivity index (χ4n) is 6.04. The molecule has 260 valence electrons. The molecule has 13 heteroatoms. The van der Waals surface area contributed by atoms with Crippen molar-refractivity contribution in [3.05, 3.63) is 167 Å². The van der Waals surface area contributed by atoms with Crippen molar-refractivity contribution in [3.8, 4) is 22.7 Å². The number of para-hydroxylation sites is 1. The van der Waals surface area contributed by atoms with E-state index in [0.717, 1.165) is 21.7 Å². The summed E-state index contributed by atoms with van der Waals surface area (Å²) in [5.41, 5.74) is 3.91. The number of rotatable bonds is 10. The number of esters is 1. The monoisotopic (exact) mass is 729 g/mol. The van der Waals surface area contributed by atoms with Crippen LogP contribution in [0.5, 0.6) is 5.75 Å². The maximum absolute atomic E-state index is 14.5. The third-order valence-electron chi connectivity index (χ3n) is 8.58. The summed E-state index contributed by atoms with van der Waals surface area (Å²) in [7, 11) is 1.37. The molecule has 1 aliphatic heterocycles. The number of allylic oxidation sites excluding steroid dienone is 1. The molecule has 7 rings (SSSR count). The Kier molecular flexibility index (Phi) is 9.70. The Morgan fingerprint density at radius 2 is 1.73 bits per heavy atom. The number of fused-ring (bicyclic) bond motifs is 1. The minimum absolute atomic E-state index is 0.0662. The van der Waals surface area contributed by atoms with E-state index in [1.165, 1.54) is 35.1 Å². The number of ether oxygens (including phenoxy) is 2. The number of hydrogen-bond acceptors (Lipinski definition) is 10. The van der Waals surface area contributed by atoms with Crippen LogP contribution in [0.2, 0.25) is 0 Å². The lowest BCUT2D eigenvalue weighted by atomic mass is 9.96. The SMILES string of the molecule is COc1ccc(-c2nn(-c3ccccc3)cc2C=c2sc3n(c2=O)C(c2ccc(SC)cc2)C(C(=O)OCc2ccccc2)=C(C)N=3)cc1[N+](=O)[O-]. The highest BCUT2D eigenvalue weighted by Crippen LogP contribution is 2.34. The van der Waals surface area contributed by atoms with Crippen LogP contribution in [0.1, 0.15) is 29.7 Å². The Balaban J connectivity index is 1.38. The number of thioether (sulfide) groups is 1. The molecule has 0 fully saturated rings. The summed E-state index contributed by atoms with van der Waals surface area (Å²) in [5, 5.41) is 16.7. The Morgan fingerprint density at radius 3 is 2.40 bits per heavy atom. The van der Waals surface area contributed by atoms with E-state index in [-0.39, 0.29) is 29.2 Å². The Hall–Kier alpha value is -6.05. The number of carbonyl (C=O) groups is 1. The van der Waals surface area contributed by atoms with Gasteiger partial charge < -0.3 is 9.47 Å². The molecule has 1 aliphatic rings. The molecule has 52 heavy (non-hydrogen) atoms. The predicted octanol–water partition coefficient (Wildman–Crippen LogP) is 6.47. The molecule has 0 saturated heterocycles. The molecule has 0 radical (unpaired) electrons. The molecule has 1 unspecified atom stereocenters. The summed E-state index contributed by atoms with van der Waals surface area (Å²) in [6.45, 7) is 1.81. The normalized spacial score (nSPS) is 14.1. The van der Waals surface area contributed by atoms with Crippen molar-refractivity contribution in [1.29, 1.82) is 0 Å². The molecule has 3 heterocycles. The summed E-state index contributed by atoms with van der Waals surface area (Å²) in [6, 6.07) is 30.4. The van der Waals surface area contributed by atoms with Crippen LogP contribution in [0.3, 0.4) is 0 Å². The van der Waals surface area contributed by atoms with E-state index in [9.17, 15) is 19.7 Å². The topological polar surface area (TPSA) is 131 Å². The number of benzene rings is 4. The average molecular weight is 730 g/mol. The third-order valence-corrected chi connectivity index (χ3v) is 10.3. The van der Waals surface area contributed by atoms with Gasteiger partial charge in [-0.25, -0.2) is 14.5 Å². The molecule has 2 aromatic heterocycles. The van der Waals surface area contributed by atoms with Crippen molar-refractivity contribution in [1.82, 2.24) is 14.3 Å². The van der Waals surface area contributed by atoms with Gasteiger partial charge in [0.25, 0.3) is 5.56 Å². The number of carbonyl (C=O) groups excluding carboxylic acids is 1. The van der Waals surface area contributed by atoms with Gasteiger partial charge in [0.2, 0.25) is 0 Å². The molecule has 4 aromatic carbocycles. The zero-order valence-electron chi connectivity index (χ0n) is 28.3. The number of thiazole rings is 1. The van der Waals surface area contributed by atoms with Gasteiger partial charge in [0.15, 0.2) is 10.6 Å². The average Bonchev–Trinajstić information content (AvgIpc) is 3.73. The zero-order chi connectivity index (χ0) is 36.4. The largest absolute Gasteiger partial charge is 0.490 e. The third kappa shape index (κ3) is 6.71. The van der Waals surface area contributed by atoms with Gasteiger partial charge >= 0.3 is 11.7 Å². The van der Waals surface area contributed by atoms with Crippen molar-refractivity contribution in [2.75, 3.05) is 13.4 Å². The first-order valence-electron chi connectivity index (χ1n) is 16.1. The molecule has 0 saturated carbocycles. The highest BCUT2D eigenvalue weighted by molar-refractivity contribution is 7.98. The Bertz CT molecular complexity index is 2520. The van der Waals surface area contributed by atoms with Crippen LogP contribution >= 0.6 is 23.1 Å². The van der Waals surface area contributed by atoms with E-state index in [4.69, 9.17) is 19.6 Å². The molecule has 0 amide bonds. The fraction of sp³-hybridized carbons (Fsp3) is 0.128. The van der Waals surface area contributed by atoms with Crippen molar-refractivity contribution in [3.63, 3.8) is 0 Å². The van der Waals surface area contributed by atoms with Crippen molar-refractivity contribution >= 4 is 40.8 Å². The fourth-order valence-corrected chi connectivity index (χ4v) is 7.48. The first-order valence-corrected chi connectivity index (χ1v) is 18.1. The van der Waals surface area contributed by atoms with E-state index < -0.39 is 16.9 Å². The number of aromatic nitrogens is 3. The van der Waals surface area contributed by atoms with E-state index in [1.54, 1.807) is 41.7 Å². The van der Waals surface area contributed by atoms with E-state index in [2.05, 4.69) is 0 Å². The van der Waals surface area contributed by atoms with Crippen molar-refractivity contribution in [2.45, 2.75) is 24.5 Å². The highest BCUT2D eigenvalue weighted by Gasteiger charge is 2.33. The first kappa shape index (κ1) is 34.4. The summed E-state index contributed by atoms with van der Waals surface area (Å²) >= 11 is 2.78. The van der Waals surface area contributed by atoms with E-state index in [1.807, 2.05) is 91.2 Å². The number of nitrogens with zero attached hydrogens (tertiary/aromatic N) is 5. The van der Waals surface area contributed by atoms with Gasteiger partial charge in [0.05, 0.1) is 39.6 Å². The molecular formula is C39H31N5O6S2. The second kappa shape index (κ2) is 14.7. The van der Waals surface area contributed by atoms with Crippen LogP contribution in [0.25, 0.3) is 23.0 Å². The maximum Gasteiger partial charge on any atom is 0.338 e. The van der Waals surface area contributed by atoms with Gasteiger partial charge in [0, 0.05) is 28.3 Å². The summed E-state index contributed by atoms with van der Waals surface area (Å²) in [4.78, 5) is 46.0. The Morgan fingerprint density at radius 1 is 1.02 bits per heavy atom. The van der Waals surface area contributed by atoms with Gasteiger partial charge in [-0.2, -0.15) is 5.10 Å². The van der Waals surface area contributed by atoms with Crippen LogP contribution in [0.4, 0.5) is 5.69 Å². The highest BCUT2D eigenvalue weighted by atomic mass is 32.2. The number of nitro benzene ring substituents is 1. The Labute approximate surface area is 306 Å². The van der Waals surface area contributed by atoms with Crippen LogP contribution in [-0.2, 0) is 16.1 Å². The minimum Gasteiger partial charge on any atom is -0.490 e. The maximum atomic E-state index is 14.5. The number of nitro groups is 1. The lowest BCUT2D eigenvalue weighted by molar-refractivity contribution is -0.385. The molecule has 1 atom stereocenters. The first-order chi connectivity index (χ1) is 25.2. The minimum atomic E-state index is -0.798. The van der Waals surface area contributed by atoms with Crippen LogP contribution < -0.4 is 19.6 Å². The van der Waals surface area contributed by atoms with E-state index in [0.29, 0.717) is 31.9 Å². The zero-order valence-corrected chi connectivity index (χ0v) is 29.9. The van der Waals surface area contributed by atoms with Gasteiger partial charge in [0.1, 0.15) is 12.3 Å². The van der Waals surface area contributed by atoms with Gasteiger partial charge in [-0.15, -0.1) is 11.8 Å². The van der Waals surface area contributed by atoms with Crippen molar-refractivity contribution in [2.24, 2.45) is 4.99 Å². The molecule has 0 bridgehead atoms. The molecular weight excluding hydrogens is 699 g/mol. The lowest BCUT2D eigenvalue weighted by Crippen LogP contribution is -2.39. The lowest BCUT2D eigenvalue weighted by Gasteiger charge is -2.25. The number of hydrogen-bond donors (Lipinski definition) is 0. The predicted molar refractivity (Wildman–Crippen MR) is 200 cm³/mol. The second-order valence-corrected chi connectivity index (χ2v) is 13.7. The van der Waals surface area contributed by atoms with Gasteiger partial charge in [-0.1, -0.05) is 72.0 Å². The van der Waals surface area contributed by atoms with Crippen LogP contribution in [-0.4, -0.2) is 38.6 Å². The summed E-state index contributed by atoms with van der Waals surface area (Å²) in [5.74, 6) is -0.448. The van der Waals surface area contributed by atoms with Gasteiger partial charge in [-0.05, 0) is 66.8 Å².